The van der Waals surface area contributed by atoms with Crippen LogP contribution in [0.15, 0.2) is 28.6 Å². The molecular weight excluding hydrogens is 198 g/mol. The van der Waals surface area contributed by atoms with Crippen LogP contribution in [0.3, 0.4) is 0 Å². The molecule has 0 aromatic carbocycles. The molecule has 0 aliphatic carbocycles. The van der Waals surface area contributed by atoms with Crippen LogP contribution in [-0.4, -0.2) is 16.3 Å². The summed E-state index contributed by atoms with van der Waals surface area (Å²) in [6.45, 7) is 5.92. The summed E-state index contributed by atoms with van der Waals surface area (Å²) in [6.07, 6.45) is 5.13. The first-order valence-electron chi connectivity index (χ1n) is 4.44. The minimum atomic E-state index is -0.857. The average molecular weight is 215 g/mol. The van der Waals surface area contributed by atoms with Gasteiger partial charge in [0.1, 0.15) is 0 Å². The number of carboxylic acids is 1. The lowest BCUT2D eigenvalue weighted by atomic mass is 10.1. The molecule has 0 unspecified atom stereocenters. The van der Waals surface area contributed by atoms with E-state index in [2.05, 4.69) is 6.08 Å². The standard InChI is InChI=1S/C10H16O2.HNO2/c1-8(2)5-4-6-9(3)7-10(11)12;2-1-3/h5,7H,4,6H2,1-3H3,(H,11,12);(H,2,3)/b9-7+;. The van der Waals surface area contributed by atoms with Crippen molar-refractivity contribution in [3.05, 3.63) is 28.2 Å². The molecule has 0 heterocycles. The predicted molar refractivity (Wildman–Crippen MR) is 57.6 cm³/mol. The van der Waals surface area contributed by atoms with Crippen LogP contribution < -0.4 is 0 Å². The highest BCUT2D eigenvalue weighted by Crippen LogP contribution is 2.05. The maximum absolute atomic E-state index is 10.2. The molecule has 5 heteroatoms. The maximum atomic E-state index is 10.2. The van der Waals surface area contributed by atoms with Crippen LogP contribution >= 0.6 is 0 Å². The minimum absolute atomic E-state index is 0.831. The van der Waals surface area contributed by atoms with Crippen molar-refractivity contribution in [3.63, 3.8) is 0 Å². The van der Waals surface area contributed by atoms with Crippen LogP contribution in [0.5, 0.6) is 0 Å². The van der Waals surface area contributed by atoms with Gasteiger partial charge >= 0.3 is 5.97 Å². The summed E-state index contributed by atoms with van der Waals surface area (Å²) in [5.74, 6) is -0.857. The van der Waals surface area contributed by atoms with Crippen molar-refractivity contribution in [2.24, 2.45) is 5.34 Å². The van der Waals surface area contributed by atoms with E-state index in [9.17, 15) is 4.79 Å². The first kappa shape index (κ1) is 15.8. The van der Waals surface area contributed by atoms with Gasteiger partial charge < -0.3 is 10.3 Å². The normalized spacial score (nSPS) is 9.67. The van der Waals surface area contributed by atoms with Gasteiger partial charge in [0, 0.05) is 6.08 Å². The van der Waals surface area contributed by atoms with E-state index in [0.29, 0.717) is 0 Å². The predicted octanol–water partition coefficient (Wildman–Crippen LogP) is 2.91. The zero-order valence-corrected chi connectivity index (χ0v) is 9.23. The summed E-state index contributed by atoms with van der Waals surface area (Å²) in [7, 11) is 0. The third-order valence-electron chi connectivity index (χ3n) is 1.46. The number of hydrogen-bond acceptors (Lipinski definition) is 3. The van der Waals surface area contributed by atoms with E-state index in [1.165, 1.54) is 17.0 Å². The molecule has 0 aliphatic rings. The monoisotopic (exact) mass is 215 g/mol. The Labute approximate surface area is 89.0 Å². The van der Waals surface area contributed by atoms with Crippen molar-refractivity contribution < 1.29 is 15.1 Å². The number of rotatable bonds is 4. The molecule has 0 radical (unpaired) electrons. The van der Waals surface area contributed by atoms with Crippen molar-refractivity contribution in [1.29, 1.82) is 0 Å². The van der Waals surface area contributed by atoms with Gasteiger partial charge in [-0.1, -0.05) is 17.2 Å². The number of hydrogen-bond donors (Lipinski definition) is 2. The Morgan fingerprint density at radius 1 is 1.33 bits per heavy atom. The van der Waals surface area contributed by atoms with Crippen LogP contribution in [0.1, 0.15) is 33.6 Å². The smallest absolute Gasteiger partial charge is 0.328 e. The van der Waals surface area contributed by atoms with E-state index in [-0.39, 0.29) is 0 Å². The molecule has 0 aromatic heterocycles. The third kappa shape index (κ3) is 19.0. The summed E-state index contributed by atoms with van der Waals surface area (Å²) in [5, 5.41) is 16.3. The second kappa shape index (κ2) is 10.4. The van der Waals surface area contributed by atoms with Gasteiger partial charge in [-0.2, -0.15) is 0 Å². The lowest BCUT2D eigenvalue weighted by molar-refractivity contribution is -0.131. The molecule has 0 saturated carbocycles. The Morgan fingerprint density at radius 3 is 2.13 bits per heavy atom. The van der Waals surface area contributed by atoms with E-state index in [4.69, 9.17) is 15.2 Å². The highest BCUT2D eigenvalue weighted by atomic mass is 16.6. The first-order chi connectivity index (χ1) is 6.93. The molecule has 5 nitrogen and oxygen atoms in total. The van der Waals surface area contributed by atoms with Gasteiger partial charge in [-0.15, -0.1) is 4.91 Å². The lowest BCUT2D eigenvalue weighted by Crippen LogP contribution is -1.89. The van der Waals surface area contributed by atoms with Gasteiger partial charge in [0.25, 0.3) is 0 Å². The van der Waals surface area contributed by atoms with Gasteiger partial charge in [-0.3, -0.25) is 0 Å². The summed E-state index contributed by atoms with van der Waals surface area (Å²) < 4.78 is 0. The van der Waals surface area contributed by atoms with Gasteiger partial charge in [0.05, 0.1) is 0 Å². The van der Waals surface area contributed by atoms with Gasteiger partial charge in [-0.05, 0) is 33.6 Å². The molecule has 0 bridgehead atoms. The highest BCUT2D eigenvalue weighted by molar-refractivity contribution is 5.80. The topological polar surface area (TPSA) is 87.0 Å². The largest absolute Gasteiger partial charge is 0.478 e. The van der Waals surface area contributed by atoms with E-state index in [0.717, 1.165) is 18.4 Å². The highest BCUT2D eigenvalue weighted by Gasteiger charge is 1.92. The fraction of sp³-hybridized carbons (Fsp3) is 0.500. The fourth-order valence-corrected chi connectivity index (χ4v) is 0.871. The van der Waals surface area contributed by atoms with E-state index in [1.54, 1.807) is 0 Å². The van der Waals surface area contributed by atoms with E-state index < -0.39 is 5.97 Å². The number of carboxylic acid groups (broad SMARTS) is 1. The van der Waals surface area contributed by atoms with Crippen molar-refractivity contribution in [2.45, 2.75) is 33.6 Å². The molecule has 0 aromatic rings. The van der Waals surface area contributed by atoms with Crippen molar-refractivity contribution >= 4 is 5.97 Å². The minimum Gasteiger partial charge on any atom is -0.478 e. The molecule has 0 aliphatic heterocycles. The molecule has 0 fully saturated rings. The number of nitrogens with zero attached hydrogens (tertiary/aromatic N) is 1. The second-order valence-electron chi connectivity index (χ2n) is 3.23. The summed E-state index contributed by atoms with van der Waals surface area (Å²) in [4.78, 5) is 18.3. The molecule has 15 heavy (non-hydrogen) atoms. The summed E-state index contributed by atoms with van der Waals surface area (Å²) in [6, 6.07) is 0. The van der Waals surface area contributed by atoms with Crippen molar-refractivity contribution in [3.8, 4) is 0 Å². The second-order valence-corrected chi connectivity index (χ2v) is 3.23. The number of allylic oxidation sites excluding steroid dienone is 3. The van der Waals surface area contributed by atoms with Crippen LogP contribution in [0.2, 0.25) is 0 Å². The molecule has 2 N–H and O–H groups in total. The Hall–Kier alpha value is -1.65. The molecular formula is C10H17NO4. The summed E-state index contributed by atoms with van der Waals surface area (Å²) in [5.41, 5.74) is 2.19. The molecule has 0 saturated heterocycles. The van der Waals surface area contributed by atoms with Gasteiger partial charge in [0.2, 0.25) is 0 Å². The fourth-order valence-electron chi connectivity index (χ4n) is 0.871. The van der Waals surface area contributed by atoms with E-state index >= 15 is 0 Å². The molecule has 0 atom stereocenters. The number of aliphatic carboxylic acids is 1. The molecule has 0 rings (SSSR count). The van der Waals surface area contributed by atoms with Gasteiger partial charge in [0.15, 0.2) is 5.34 Å². The Kier molecular flexibility index (Phi) is 11.0. The van der Waals surface area contributed by atoms with Crippen LogP contribution in [0.25, 0.3) is 0 Å². The third-order valence-corrected chi connectivity index (χ3v) is 1.46. The first-order valence-corrected chi connectivity index (χ1v) is 4.44. The zero-order valence-electron chi connectivity index (χ0n) is 9.23. The molecule has 0 amide bonds. The SMILES string of the molecule is CC(C)=CCC/C(C)=C/C(=O)O.O=NO. The Morgan fingerprint density at radius 2 is 1.80 bits per heavy atom. The van der Waals surface area contributed by atoms with Crippen LogP contribution in [0, 0.1) is 4.91 Å². The molecule has 0 spiro atoms. The zero-order chi connectivity index (χ0) is 12.3. The van der Waals surface area contributed by atoms with Crippen molar-refractivity contribution in [2.75, 3.05) is 0 Å². The lowest BCUT2D eigenvalue weighted by Gasteiger charge is -1.95. The molecule has 86 valence electrons. The Bertz CT molecular complexity index is 252. The van der Waals surface area contributed by atoms with E-state index in [1.807, 2.05) is 20.8 Å². The van der Waals surface area contributed by atoms with Crippen LogP contribution in [0.4, 0.5) is 0 Å². The average Bonchev–Trinajstić information content (AvgIpc) is 2.02. The summed E-state index contributed by atoms with van der Waals surface area (Å²) >= 11 is 0. The maximum Gasteiger partial charge on any atom is 0.328 e. The van der Waals surface area contributed by atoms with Gasteiger partial charge in [-0.25, -0.2) is 4.79 Å². The Balaban J connectivity index is 0. The quantitative estimate of drug-likeness (QED) is 0.326. The number of carbonyl (C=O) groups is 1. The van der Waals surface area contributed by atoms with Crippen molar-refractivity contribution in [1.82, 2.24) is 0 Å². The van der Waals surface area contributed by atoms with Crippen LogP contribution in [-0.2, 0) is 4.79 Å².